The summed E-state index contributed by atoms with van der Waals surface area (Å²) in [5, 5.41) is 2.62. The average Bonchev–Trinajstić information content (AvgIpc) is 3.13. The maximum Gasteiger partial charge on any atom is 0.425 e. The Hall–Kier alpha value is -3.63. The van der Waals surface area contributed by atoms with Crippen LogP contribution in [0, 0.1) is 6.92 Å². The second-order valence-electron chi connectivity index (χ2n) is 8.86. The van der Waals surface area contributed by atoms with Crippen LogP contribution in [-0.4, -0.2) is 54.5 Å². The van der Waals surface area contributed by atoms with Crippen LogP contribution >= 0.6 is 0 Å². The van der Waals surface area contributed by atoms with Crippen LogP contribution in [0.15, 0.2) is 30.3 Å². The third-order valence-corrected chi connectivity index (χ3v) is 6.24. The zero-order chi connectivity index (χ0) is 24.9. The van der Waals surface area contributed by atoms with Crippen LogP contribution < -0.4 is 19.5 Å². The third kappa shape index (κ3) is 4.54. The number of fused-ring (bicyclic) bond motifs is 3. The minimum Gasteiger partial charge on any atom is -0.490 e. The molecule has 3 aliphatic heterocycles. The zero-order valence-electron chi connectivity index (χ0n) is 19.0. The number of nitrogens with zero attached hydrogens (tertiary/aromatic N) is 1. The molecule has 8 nitrogen and oxygen atoms in total. The molecule has 0 aliphatic carbocycles. The van der Waals surface area contributed by atoms with Gasteiger partial charge in [0, 0.05) is 18.1 Å². The summed E-state index contributed by atoms with van der Waals surface area (Å²) in [7, 11) is 0. The van der Waals surface area contributed by atoms with E-state index in [0.717, 1.165) is 12.5 Å². The molecule has 11 heteroatoms. The number of alkyl halides is 3. The van der Waals surface area contributed by atoms with Crippen LogP contribution in [0.2, 0.25) is 0 Å². The molecule has 0 bridgehead atoms. The van der Waals surface area contributed by atoms with E-state index in [9.17, 15) is 22.8 Å². The minimum absolute atomic E-state index is 0.0219. The van der Waals surface area contributed by atoms with Crippen molar-refractivity contribution in [2.45, 2.75) is 51.3 Å². The number of halogens is 3. The first-order valence-electron chi connectivity index (χ1n) is 11.1. The Morgan fingerprint density at radius 3 is 2.74 bits per heavy atom. The van der Waals surface area contributed by atoms with Gasteiger partial charge in [-0.3, -0.25) is 10.1 Å². The van der Waals surface area contributed by atoms with Gasteiger partial charge in [0.1, 0.15) is 42.1 Å². The van der Waals surface area contributed by atoms with Gasteiger partial charge in [0.05, 0.1) is 18.3 Å². The molecule has 5 rings (SSSR count). The summed E-state index contributed by atoms with van der Waals surface area (Å²) < 4.78 is 61.5. The van der Waals surface area contributed by atoms with E-state index < -0.39 is 24.3 Å². The molecular formula is C24H23F3N2O6. The Morgan fingerprint density at radius 1 is 1.17 bits per heavy atom. The summed E-state index contributed by atoms with van der Waals surface area (Å²) in [6.45, 7) is 3.16. The Labute approximate surface area is 198 Å². The molecule has 186 valence electrons. The van der Waals surface area contributed by atoms with E-state index in [1.54, 1.807) is 36.1 Å². The fourth-order valence-corrected chi connectivity index (χ4v) is 4.44. The number of hydrogen-bond acceptors (Lipinski definition) is 6. The van der Waals surface area contributed by atoms with Crippen molar-refractivity contribution in [1.29, 1.82) is 0 Å². The molecule has 0 saturated carbocycles. The molecule has 0 aromatic heterocycles. The van der Waals surface area contributed by atoms with Crippen molar-refractivity contribution in [3.8, 4) is 17.2 Å². The first-order chi connectivity index (χ1) is 16.6. The predicted molar refractivity (Wildman–Crippen MR) is 117 cm³/mol. The topological polar surface area (TPSA) is 86.3 Å². The summed E-state index contributed by atoms with van der Waals surface area (Å²) in [6, 6.07) is 7.95. The summed E-state index contributed by atoms with van der Waals surface area (Å²) >= 11 is 0. The smallest absolute Gasteiger partial charge is 0.425 e. The monoisotopic (exact) mass is 492 g/mol. The highest BCUT2D eigenvalue weighted by Crippen LogP contribution is 2.39. The summed E-state index contributed by atoms with van der Waals surface area (Å²) in [6.07, 6.45) is -7.11. The number of ether oxygens (including phenoxy) is 4. The summed E-state index contributed by atoms with van der Waals surface area (Å²) in [4.78, 5) is 26.5. The van der Waals surface area contributed by atoms with Gasteiger partial charge in [-0.1, -0.05) is 0 Å². The number of amides is 2. The van der Waals surface area contributed by atoms with Crippen molar-refractivity contribution in [1.82, 2.24) is 4.90 Å². The molecule has 0 radical (unpaired) electrons. The van der Waals surface area contributed by atoms with E-state index in [1.165, 1.54) is 6.07 Å². The quantitative estimate of drug-likeness (QED) is 0.679. The molecule has 1 fully saturated rings. The van der Waals surface area contributed by atoms with E-state index in [4.69, 9.17) is 18.9 Å². The van der Waals surface area contributed by atoms with Gasteiger partial charge in [-0.25, -0.2) is 4.79 Å². The van der Waals surface area contributed by atoms with E-state index in [2.05, 4.69) is 5.32 Å². The number of carbonyl (C=O) groups excluding carboxylic acids is 2. The highest BCUT2D eigenvalue weighted by Gasteiger charge is 2.43. The van der Waals surface area contributed by atoms with Gasteiger partial charge in [0.2, 0.25) is 0 Å². The predicted octanol–water partition coefficient (Wildman–Crippen LogP) is 4.44. The molecule has 3 atom stereocenters. The normalized spacial score (nSPS) is 22.0. The largest absolute Gasteiger partial charge is 0.490 e. The lowest BCUT2D eigenvalue weighted by molar-refractivity contribution is -0.189. The lowest BCUT2D eigenvalue weighted by Gasteiger charge is -2.23. The number of rotatable bonds is 4. The van der Waals surface area contributed by atoms with Crippen molar-refractivity contribution in [3.05, 3.63) is 47.0 Å². The number of benzene rings is 2. The first kappa shape index (κ1) is 23.1. The van der Waals surface area contributed by atoms with E-state index in [1.807, 2.05) is 0 Å². The van der Waals surface area contributed by atoms with Crippen molar-refractivity contribution >= 4 is 17.7 Å². The molecular weight excluding hydrogens is 469 g/mol. The number of nitrogens with one attached hydrogen (secondary N) is 1. The van der Waals surface area contributed by atoms with Gasteiger partial charge < -0.3 is 23.8 Å². The van der Waals surface area contributed by atoms with Crippen LogP contribution in [-0.2, 0) is 11.3 Å². The number of anilines is 1. The molecule has 0 unspecified atom stereocenters. The van der Waals surface area contributed by atoms with Crippen molar-refractivity contribution in [3.63, 3.8) is 0 Å². The van der Waals surface area contributed by atoms with E-state index in [0.29, 0.717) is 23.4 Å². The second kappa shape index (κ2) is 8.54. The molecule has 3 heterocycles. The van der Waals surface area contributed by atoms with Crippen LogP contribution in [0.5, 0.6) is 17.2 Å². The lowest BCUT2D eigenvalue weighted by atomic mass is 10.1. The van der Waals surface area contributed by atoms with Gasteiger partial charge in [-0.2, -0.15) is 13.2 Å². The fraction of sp³-hybridized carbons (Fsp3) is 0.417. The maximum absolute atomic E-state index is 13.5. The number of cyclic esters (lactones) is 1. The Bertz CT molecular complexity index is 1180. The Balaban J connectivity index is 1.36. The standard InChI is InChI=1S/C24H23F3N2O6/c1-12-5-19-21(20(6-12)34-13(2)24(25,26)27)22(30)29-9-17(7-15(29)11-32-19)35-16-4-3-14-10-33-23(31)28-18(14)8-16/h3-6,8,13,15,17H,7,9-11H2,1-2H3,(H,28,31)/t13-,15-,17+/m1/s1. The van der Waals surface area contributed by atoms with Gasteiger partial charge in [-0.15, -0.1) is 0 Å². The second-order valence-corrected chi connectivity index (χ2v) is 8.86. The SMILES string of the molecule is Cc1cc2c(c(O[C@H](C)C(F)(F)F)c1)C(=O)N1C[C@@H](Oc3ccc4c(c3)NC(=O)OC4)C[C@@H]1CO2. The lowest BCUT2D eigenvalue weighted by Crippen LogP contribution is -2.37. The zero-order valence-corrected chi connectivity index (χ0v) is 19.0. The highest BCUT2D eigenvalue weighted by atomic mass is 19.4. The summed E-state index contributed by atoms with van der Waals surface area (Å²) in [5.74, 6) is 0.0974. The molecule has 3 aliphatic rings. The van der Waals surface area contributed by atoms with Gasteiger partial charge >= 0.3 is 12.3 Å². The average molecular weight is 492 g/mol. The van der Waals surface area contributed by atoms with Crippen LogP contribution in [0.4, 0.5) is 23.7 Å². The maximum atomic E-state index is 13.5. The molecule has 0 spiro atoms. The van der Waals surface area contributed by atoms with Crippen LogP contribution in [0.3, 0.4) is 0 Å². The highest BCUT2D eigenvalue weighted by molar-refractivity contribution is 6.00. The summed E-state index contributed by atoms with van der Waals surface area (Å²) in [5.41, 5.74) is 2.00. The van der Waals surface area contributed by atoms with Gasteiger partial charge in [0.25, 0.3) is 5.91 Å². The number of carbonyl (C=O) groups is 2. The molecule has 1 saturated heterocycles. The van der Waals surface area contributed by atoms with E-state index >= 15 is 0 Å². The van der Waals surface area contributed by atoms with Crippen molar-refractivity contribution in [2.24, 2.45) is 0 Å². The fourth-order valence-electron chi connectivity index (χ4n) is 4.44. The number of hydrogen-bond donors (Lipinski definition) is 1. The molecule has 35 heavy (non-hydrogen) atoms. The molecule has 2 amide bonds. The third-order valence-electron chi connectivity index (χ3n) is 6.24. The molecule has 2 aromatic carbocycles. The van der Waals surface area contributed by atoms with Crippen LogP contribution in [0.25, 0.3) is 0 Å². The Kier molecular flexibility index (Phi) is 5.65. The van der Waals surface area contributed by atoms with Crippen LogP contribution in [0.1, 0.15) is 34.8 Å². The molecule has 1 N–H and O–H groups in total. The minimum atomic E-state index is -4.58. The van der Waals surface area contributed by atoms with Gasteiger partial charge in [-0.05, 0) is 43.7 Å². The number of aryl methyl sites for hydroxylation is 1. The van der Waals surface area contributed by atoms with Crippen molar-refractivity contribution in [2.75, 3.05) is 18.5 Å². The Morgan fingerprint density at radius 2 is 1.97 bits per heavy atom. The van der Waals surface area contributed by atoms with Gasteiger partial charge in [0.15, 0.2) is 6.10 Å². The van der Waals surface area contributed by atoms with Crippen molar-refractivity contribution < 1.29 is 41.7 Å². The molecule has 2 aromatic rings. The first-order valence-corrected chi connectivity index (χ1v) is 11.1. The van der Waals surface area contributed by atoms with E-state index in [-0.39, 0.29) is 49.0 Å².